The summed E-state index contributed by atoms with van der Waals surface area (Å²) in [6.45, 7) is 24.3. The molecule has 1 unspecified atom stereocenters. The fourth-order valence-corrected chi connectivity index (χ4v) is 6.93. The summed E-state index contributed by atoms with van der Waals surface area (Å²) in [7, 11) is -8.33. The Labute approximate surface area is 180 Å². The van der Waals surface area contributed by atoms with Crippen LogP contribution in [-0.2, 0) is 27.2 Å². The van der Waals surface area contributed by atoms with Gasteiger partial charge in [0, 0.05) is 0 Å². The Balaban J connectivity index is 3.39. The van der Waals surface area contributed by atoms with E-state index in [4.69, 9.17) is 22.4 Å². The van der Waals surface area contributed by atoms with Crippen molar-refractivity contribution in [1.82, 2.24) is 0 Å². The summed E-state index contributed by atoms with van der Waals surface area (Å²) < 4.78 is 30.7. The molecule has 0 saturated carbocycles. The molecule has 0 radical (unpaired) electrons. The molecule has 1 saturated heterocycles. The second-order valence-corrected chi connectivity index (χ2v) is 29.4. The Hall–Kier alpha value is 0.138. The first-order valence-electron chi connectivity index (χ1n) is 10.3. The van der Waals surface area contributed by atoms with E-state index < -0.39 is 69.9 Å². The molecule has 1 fully saturated rings. The van der Waals surface area contributed by atoms with Crippen molar-refractivity contribution in [2.45, 2.75) is 109 Å². The summed E-state index contributed by atoms with van der Waals surface area (Å²) in [4.78, 5) is 13.0. The van der Waals surface area contributed by atoms with Crippen molar-refractivity contribution in [1.29, 1.82) is 0 Å². The van der Waals surface area contributed by atoms with Gasteiger partial charge in [0.05, 0.1) is 0 Å². The number of aliphatic hydroxyl groups excluding tert-OH is 1. The Kier molecular flexibility index (Phi) is 8.74. The third-order valence-corrected chi connectivity index (χ3v) is 7.37. The van der Waals surface area contributed by atoms with Gasteiger partial charge in [0.1, 0.15) is 18.3 Å². The third-order valence-electron chi connectivity index (χ3n) is 3.62. The Morgan fingerprint density at radius 2 is 1.03 bits per heavy atom. The molecular weight excluding hydrogens is 441 g/mol. The quantitative estimate of drug-likeness (QED) is 0.528. The minimum absolute atomic E-state index is 0.498. The second kappa shape index (κ2) is 9.33. The van der Waals surface area contributed by atoms with Gasteiger partial charge in [0.2, 0.25) is 8.32 Å². The van der Waals surface area contributed by atoms with Crippen LogP contribution in [0.3, 0.4) is 0 Å². The summed E-state index contributed by atoms with van der Waals surface area (Å²) in [6, 6.07) is 0. The second-order valence-electron chi connectivity index (χ2n) is 11.6. The Bertz CT molecular complexity index is 561. The minimum Gasteiger partial charge on any atom is -0.518 e. The van der Waals surface area contributed by atoms with E-state index in [1.165, 1.54) is 0 Å². The van der Waals surface area contributed by atoms with Gasteiger partial charge in [-0.3, -0.25) is 4.79 Å². The van der Waals surface area contributed by atoms with Crippen molar-refractivity contribution in [3.8, 4) is 0 Å². The number of rotatable bonds is 8. The van der Waals surface area contributed by atoms with E-state index in [0.29, 0.717) is 0 Å². The van der Waals surface area contributed by atoms with Crippen molar-refractivity contribution >= 4 is 39.2 Å². The SMILES string of the molecule is C[Si](C)(C)OC(=O)[C@H]1OC(O)[C@H](O[Si](C)(C)C)[C@@H](O[Si](C)(C)C)[C@H]1O[Si](C)(C)C. The zero-order valence-electron chi connectivity index (χ0n) is 20.3. The first kappa shape index (κ1) is 27.2. The maximum Gasteiger partial charge on any atom is 0.324 e. The van der Waals surface area contributed by atoms with Crippen LogP contribution in [0.25, 0.3) is 0 Å². The lowest BCUT2D eigenvalue weighted by Gasteiger charge is -2.49. The number of ether oxygens (including phenoxy) is 1. The van der Waals surface area contributed by atoms with Gasteiger partial charge < -0.3 is 27.5 Å². The molecule has 0 aromatic carbocycles. The molecule has 1 heterocycles. The zero-order chi connectivity index (χ0) is 23.0. The molecule has 0 aromatic heterocycles. The van der Waals surface area contributed by atoms with Gasteiger partial charge in [-0.15, -0.1) is 0 Å². The highest BCUT2D eigenvalue weighted by Crippen LogP contribution is 2.33. The van der Waals surface area contributed by atoms with Crippen molar-refractivity contribution in [3.63, 3.8) is 0 Å². The van der Waals surface area contributed by atoms with Gasteiger partial charge in [-0.1, -0.05) is 0 Å². The van der Waals surface area contributed by atoms with Crippen molar-refractivity contribution in [2.24, 2.45) is 0 Å². The van der Waals surface area contributed by atoms with Gasteiger partial charge in [-0.05, 0) is 78.6 Å². The van der Waals surface area contributed by atoms with E-state index >= 15 is 0 Å². The Morgan fingerprint density at radius 3 is 1.41 bits per heavy atom. The average Bonchev–Trinajstić information content (AvgIpc) is 2.39. The number of hydrogen-bond donors (Lipinski definition) is 1. The molecule has 0 bridgehead atoms. The van der Waals surface area contributed by atoms with Crippen LogP contribution < -0.4 is 0 Å². The molecule has 1 rings (SSSR count). The maximum absolute atomic E-state index is 13.0. The maximum atomic E-state index is 13.0. The predicted molar refractivity (Wildman–Crippen MR) is 125 cm³/mol. The van der Waals surface area contributed by atoms with Gasteiger partial charge >= 0.3 is 5.97 Å². The summed E-state index contributed by atoms with van der Waals surface area (Å²) in [5.74, 6) is -0.498. The van der Waals surface area contributed by atoms with Crippen LogP contribution in [-0.4, -0.2) is 75.1 Å². The van der Waals surface area contributed by atoms with Crippen molar-refractivity contribution in [2.75, 3.05) is 0 Å². The molecule has 172 valence electrons. The zero-order valence-corrected chi connectivity index (χ0v) is 24.3. The summed E-state index contributed by atoms with van der Waals surface area (Å²) in [6.07, 6.45) is -4.36. The van der Waals surface area contributed by atoms with Crippen LogP contribution in [0.15, 0.2) is 0 Å². The topological polar surface area (TPSA) is 83.5 Å². The number of hydrogen-bond acceptors (Lipinski definition) is 7. The molecule has 0 spiro atoms. The van der Waals surface area contributed by atoms with Crippen LogP contribution in [0.2, 0.25) is 78.6 Å². The summed E-state index contributed by atoms with van der Waals surface area (Å²) in [5.41, 5.74) is 0. The van der Waals surface area contributed by atoms with Crippen LogP contribution >= 0.6 is 0 Å². The lowest BCUT2D eigenvalue weighted by molar-refractivity contribution is -0.269. The number of carbonyl (C=O) groups excluding carboxylic acids is 1. The van der Waals surface area contributed by atoms with E-state index in [1.807, 2.05) is 39.3 Å². The molecule has 5 atom stereocenters. The van der Waals surface area contributed by atoms with E-state index in [2.05, 4.69) is 39.3 Å². The molecule has 1 aliphatic rings. The fraction of sp³-hybridized carbons (Fsp3) is 0.944. The van der Waals surface area contributed by atoms with E-state index in [0.717, 1.165) is 0 Å². The first-order chi connectivity index (χ1) is 12.7. The van der Waals surface area contributed by atoms with Crippen molar-refractivity contribution < 1.29 is 32.3 Å². The highest BCUT2D eigenvalue weighted by molar-refractivity contribution is 6.71. The highest BCUT2D eigenvalue weighted by Gasteiger charge is 2.54. The van der Waals surface area contributed by atoms with Crippen LogP contribution in [0, 0.1) is 0 Å². The standard InChI is InChI=1S/C18H42O7Si4/c1-26(2,3)22-13-14(23-27(4,5)6)16(24-28(7,8)9)17(19)21-15(13)18(20)25-29(10,11)12/h13-17,19H,1-12H3/t13-,14+,15+,16-,17?/m1/s1. The van der Waals surface area contributed by atoms with E-state index in [9.17, 15) is 9.90 Å². The van der Waals surface area contributed by atoms with Gasteiger partial charge in [-0.25, -0.2) is 0 Å². The molecule has 0 amide bonds. The molecule has 1 N–H and O–H groups in total. The van der Waals surface area contributed by atoms with Crippen LogP contribution in [0.4, 0.5) is 0 Å². The fourth-order valence-electron chi connectivity index (χ4n) is 2.99. The smallest absolute Gasteiger partial charge is 0.324 e. The minimum atomic E-state index is -2.15. The molecule has 0 aliphatic carbocycles. The number of aliphatic hydroxyl groups is 1. The molecular formula is C18H42O7Si4. The van der Waals surface area contributed by atoms with E-state index in [1.54, 1.807) is 0 Å². The number of carbonyl (C=O) groups is 1. The highest BCUT2D eigenvalue weighted by atomic mass is 28.4. The molecule has 0 aromatic rings. The monoisotopic (exact) mass is 482 g/mol. The molecule has 7 nitrogen and oxygen atoms in total. The Morgan fingerprint density at radius 1 is 0.655 bits per heavy atom. The molecule has 1 aliphatic heterocycles. The normalized spacial score (nSPS) is 29.6. The molecule has 29 heavy (non-hydrogen) atoms. The predicted octanol–water partition coefficient (Wildman–Crippen LogP) is 3.74. The molecule has 11 heteroatoms. The summed E-state index contributed by atoms with van der Waals surface area (Å²) >= 11 is 0. The lowest BCUT2D eigenvalue weighted by atomic mass is 9.99. The van der Waals surface area contributed by atoms with E-state index in [-0.39, 0.29) is 0 Å². The summed E-state index contributed by atoms with van der Waals surface area (Å²) in [5, 5.41) is 10.8. The average molecular weight is 483 g/mol. The first-order valence-corrected chi connectivity index (χ1v) is 23.9. The third kappa shape index (κ3) is 9.87. The van der Waals surface area contributed by atoms with Crippen LogP contribution in [0.5, 0.6) is 0 Å². The van der Waals surface area contributed by atoms with Gasteiger partial charge in [-0.2, -0.15) is 0 Å². The van der Waals surface area contributed by atoms with Gasteiger partial charge in [0.15, 0.2) is 37.3 Å². The lowest BCUT2D eigenvalue weighted by Crippen LogP contribution is -2.67. The van der Waals surface area contributed by atoms with Crippen molar-refractivity contribution in [3.05, 3.63) is 0 Å². The van der Waals surface area contributed by atoms with Crippen LogP contribution in [0.1, 0.15) is 0 Å². The largest absolute Gasteiger partial charge is 0.518 e. The van der Waals surface area contributed by atoms with Gasteiger partial charge in [0.25, 0.3) is 0 Å².